The van der Waals surface area contributed by atoms with Crippen molar-refractivity contribution < 1.29 is 14.7 Å². The van der Waals surface area contributed by atoms with Crippen LogP contribution in [0.3, 0.4) is 0 Å². The molecule has 0 unspecified atom stereocenters. The van der Waals surface area contributed by atoms with Crippen molar-refractivity contribution in [1.29, 1.82) is 0 Å². The Labute approximate surface area is 124 Å². The molecule has 0 aliphatic heterocycles. The number of carbonyl (C=O) groups excluding carboxylic acids is 1. The predicted octanol–water partition coefficient (Wildman–Crippen LogP) is 3.71. The maximum Gasteiger partial charge on any atom is 0.337 e. The number of nitrogens with one attached hydrogen (secondary N) is 1. The Hall–Kier alpha value is -2.14. The first-order valence-corrected chi connectivity index (χ1v) is 6.68. The molecule has 0 aliphatic rings. The van der Waals surface area contributed by atoms with Crippen LogP contribution in [0.4, 0.5) is 5.69 Å². The third-order valence-corrected chi connectivity index (χ3v) is 3.32. The topological polar surface area (TPSA) is 66.4 Å². The minimum atomic E-state index is -1.07. The highest BCUT2D eigenvalue weighted by Crippen LogP contribution is 2.22. The summed E-state index contributed by atoms with van der Waals surface area (Å²) in [5, 5.41) is 11.8. The third kappa shape index (κ3) is 3.05. The molecule has 1 amide bonds. The Morgan fingerprint density at radius 3 is 2.50 bits per heavy atom. The van der Waals surface area contributed by atoms with Gasteiger partial charge >= 0.3 is 5.97 Å². The molecule has 0 aromatic heterocycles. The summed E-state index contributed by atoms with van der Waals surface area (Å²) in [6.07, 6.45) is 0. The molecule has 0 radical (unpaired) electrons. The largest absolute Gasteiger partial charge is 0.478 e. The van der Waals surface area contributed by atoms with Crippen LogP contribution >= 0.6 is 15.9 Å². The van der Waals surface area contributed by atoms with Crippen LogP contribution in [0.1, 0.15) is 26.3 Å². The number of carbonyl (C=O) groups is 2. The van der Waals surface area contributed by atoms with E-state index in [9.17, 15) is 9.59 Å². The lowest BCUT2D eigenvalue weighted by atomic mass is 10.1. The van der Waals surface area contributed by atoms with Gasteiger partial charge in [0.15, 0.2) is 0 Å². The number of rotatable bonds is 3. The second-order valence-electron chi connectivity index (χ2n) is 4.27. The summed E-state index contributed by atoms with van der Waals surface area (Å²) in [7, 11) is 0. The van der Waals surface area contributed by atoms with E-state index in [4.69, 9.17) is 5.11 Å². The standard InChI is InChI=1S/C15H12BrNO3/c1-9-4-2-7-12(15(19)20)13(9)17-14(18)10-5-3-6-11(16)8-10/h2-8H,1H3,(H,17,18)(H,19,20). The van der Waals surface area contributed by atoms with E-state index >= 15 is 0 Å². The third-order valence-electron chi connectivity index (χ3n) is 2.83. The van der Waals surface area contributed by atoms with E-state index in [-0.39, 0.29) is 11.5 Å². The molecule has 0 spiro atoms. The molecular weight excluding hydrogens is 322 g/mol. The average Bonchev–Trinajstić information content (AvgIpc) is 2.40. The van der Waals surface area contributed by atoms with Crippen molar-refractivity contribution in [1.82, 2.24) is 0 Å². The summed E-state index contributed by atoms with van der Waals surface area (Å²) >= 11 is 3.29. The van der Waals surface area contributed by atoms with E-state index in [2.05, 4.69) is 21.2 Å². The number of aryl methyl sites for hydroxylation is 1. The molecule has 0 saturated heterocycles. The molecule has 2 aromatic carbocycles. The smallest absolute Gasteiger partial charge is 0.337 e. The minimum Gasteiger partial charge on any atom is -0.478 e. The summed E-state index contributed by atoms with van der Waals surface area (Å²) in [6.45, 7) is 1.75. The van der Waals surface area contributed by atoms with E-state index in [1.54, 1.807) is 37.3 Å². The maximum atomic E-state index is 12.2. The number of hydrogen-bond acceptors (Lipinski definition) is 2. The molecule has 5 heteroatoms. The summed E-state index contributed by atoms with van der Waals surface area (Å²) < 4.78 is 0.786. The average molecular weight is 334 g/mol. The van der Waals surface area contributed by atoms with Gasteiger partial charge in [-0.05, 0) is 36.8 Å². The van der Waals surface area contributed by atoms with Crippen LogP contribution in [0.2, 0.25) is 0 Å². The van der Waals surface area contributed by atoms with E-state index in [1.807, 2.05) is 6.07 Å². The summed E-state index contributed by atoms with van der Waals surface area (Å²) in [5.41, 5.74) is 1.56. The zero-order valence-corrected chi connectivity index (χ0v) is 12.3. The van der Waals surface area contributed by atoms with Crippen molar-refractivity contribution in [3.05, 3.63) is 63.6 Å². The van der Waals surface area contributed by atoms with Crippen molar-refractivity contribution in [2.75, 3.05) is 5.32 Å². The molecule has 4 nitrogen and oxygen atoms in total. The van der Waals surface area contributed by atoms with Gasteiger partial charge in [-0.25, -0.2) is 4.79 Å². The Morgan fingerprint density at radius 1 is 1.15 bits per heavy atom. The second kappa shape index (κ2) is 5.88. The number of carboxylic acids is 1. The molecule has 20 heavy (non-hydrogen) atoms. The molecular formula is C15H12BrNO3. The van der Waals surface area contributed by atoms with Crippen molar-refractivity contribution in [2.45, 2.75) is 6.92 Å². The van der Waals surface area contributed by atoms with Crippen LogP contribution in [-0.4, -0.2) is 17.0 Å². The van der Waals surface area contributed by atoms with Gasteiger partial charge in [-0.1, -0.05) is 34.1 Å². The first-order chi connectivity index (χ1) is 9.49. The van der Waals surface area contributed by atoms with Gasteiger partial charge in [0.05, 0.1) is 11.3 Å². The first kappa shape index (κ1) is 14.3. The summed E-state index contributed by atoms with van der Waals surface area (Å²) in [4.78, 5) is 23.4. The van der Waals surface area contributed by atoms with E-state index < -0.39 is 5.97 Å². The van der Waals surface area contributed by atoms with Gasteiger partial charge in [0.25, 0.3) is 5.91 Å². The molecule has 0 saturated carbocycles. The monoisotopic (exact) mass is 333 g/mol. The van der Waals surface area contributed by atoms with Crippen LogP contribution < -0.4 is 5.32 Å². The van der Waals surface area contributed by atoms with Gasteiger partial charge in [0, 0.05) is 10.0 Å². The highest BCUT2D eigenvalue weighted by Gasteiger charge is 2.15. The van der Waals surface area contributed by atoms with Gasteiger partial charge < -0.3 is 10.4 Å². The molecule has 0 atom stereocenters. The molecule has 2 N–H and O–H groups in total. The molecule has 2 aromatic rings. The number of benzene rings is 2. The van der Waals surface area contributed by atoms with Crippen LogP contribution in [-0.2, 0) is 0 Å². The Bertz CT molecular complexity index is 683. The number of carboxylic acid groups (broad SMARTS) is 1. The van der Waals surface area contributed by atoms with Crippen LogP contribution in [0.25, 0.3) is 0 Å². The lowest BCUT2D eigenvalue weighted by molar-refractivity contribution is 0.0698. The number of hydrogen-bond donors (Lipinski definition) is 2. The summed E-state index contributed by atoms with van der Waals surface area (Å²) in [6, 6.07) is 11.8. The Morgan fingerprint density at radius 2 is 1.85 bits per heavy atom. The number of halogens is 1. The van der Waals surface area contributed by atoms with Crippen LogP contribution in [0.15, 0.2) is 46.9 Å². The van der Waals surface area contributed by atoms with Crippen molar-refractivity contribution in [2.24, 2.45) is 0 Å². The minimum absolute atomic E-state index is 0.0772. The highest BCUT2D eigenvalue weighted by atomic mass is 79.9. The fourth-order valence-corrected chi connectivity index (χ4v) is 2.23. The zero-order valence-electron chi connectivity index (χ0n) is 10.7. The molecule has 102 valence electrons. The SMILES string of the molecule is Cc1cccc(C(=O)O)c1NC(=O)c1cccc(Br)c1. The van der Waals surface area contributed by atoms with E-state index in [1.165, 1.54) is 6.07 Å². The number of anilines is 1. The summed E-state index contributed by atoms with van der Waals surface area (Å²) in [5.74, 6) is -1.42. The first-order valence-electron chi connectivity index (χ1n) is 5.89. The number of amides is 1. The lowest BCUT2D eigenvalue weighted by Crippen LogP contribution is -2.15. The van der Waals surface area contributed by atoms with Gasteiger partial charge in [-0.2, -0.15) is 0 Å². The number of aromatic carboxylic acids is 1. The van der Waals surface area contributed by atoms with Gasteiger partial charge in [0.2, 0.25) is 0 Å². The Balaban J connectivity index is 2.35. The normalized spacial score (nSPS) is 10.1. The highest BCUT2D eigenvalue weighted by molar-refractivity contribution is 9.10. The molecule has 0 aliphatic carbocycles. The second-order valence-corrected chi connectivity index (χ2v) is 5.18. The van der Waals surface area contributed by atoms with Gasteiger partial charge in [-0.3, -0.25) is 4.79 Å². The number of para-hydroxylation sites is 1. The van der Waals surface area contributed by atoms with Crippen molar-refractivity contribution in [3.8, 4) is 0 Å². The van der Waals surface area contributed by atoms with Crippen molar-refractivity contribution in [3.63, 3.8) is 0 Å². The van der Waals surface area contributed by atoms with Crippen LogP contribution in [0, 0.1) is 6.92 Å². The molecule has 0 heterocycles. The van der Waals surface area contributed by atoms with Gasteiger partial charge in [0.1, 0.15) is 0 Å². The fourth-order valence-electron chi connectivity index (χ4n) is 1.83. The molecule has 0 fully saturated rings. The molecule has 2 rings (SSSR count). The van der Waals surface area contributed by atoms with Gasteiger partial charge in [-0.15, -0.1) is 0 Å². The van der Waals surface area contributed by atoms with Crippen molar-refractivity contribution >= 4 is 33.5 Å². The quantitative estimate of drug-likeness (QED) is 0.899. The fraction of sp³-hybridized carbons (Fsp3) is 0.0667. The molecule has 0 bridgehead atoms. The predicted molar refractivity (Wildman–Crippen MR) is 80.2 cm³/mol. The maximum absolute atomic E-state index is 12.2. The van der Waals surface area contributed by atoms with Crippen LogP contribution in [0.5, 0.6) is 0 Å². The van der Waals surface area contributed by atoms with E-state index in [0.717, 1.165) is 4.47 Å². The van der Waals surface area contributed by atoms with E-state index in [0.29, 0.717) is 16.8 Å². The zero-order chi connectivity index (χ0) is 14.7. The Kier molecular flexibility index (Phi) is 4.20. The lowest BCUT2D eigenvalue weighted by Gasteiger charge is -2.11.